The van der Waals surface area contributed by atoms with Crippen LogP contribution in [0.3, 0.4) is 0 Å². The van der Waals surface area contributed by atoms with Crippen LogP contribution in [0.2, 0.25) is 0 Å². The van der Waals surface area contributed by atoms with Crippen LogP contribution in [-0.4, -0.2) is 48.8 Å². The van der Waals surface area contributed by atoms with Crippen molar-refractivity contribution < 1.29 is 0 Å². The molecule has 2 nitrogen and oxygen atoms in total. The highest BCUT2D eigenvalue weighted by molar-refractivity contribution is 7.98. The van der Waals surface area contributed by atoms with Crippen molar-refractivity contribution in [1.82, 2.24) is 9.80 Å². The molecule has 2 aromatic carbocycles. The van der Waals surface area contributed by atoms with Gasteiger partial charge in [0.2, 0.25) is 0 Å². The number of likely N-dealkylation sites (tertiary alicyclic amines) is 1. The van der Waals surface area contributed by atoms with E-state index in [9.17, 15) is 0 Å². The van der Waals surface area contributed by atoms with Crippen LogP contribution in [0.25, 0.3) is 0 Å². The van der Waals surface area contributed by atoms with Gasteiger partial charge in [0.15, 0.2) is 0 Å². The number of benzene rings is 2. The number of nitrogens with zero attached hydrogens (tertiary/aromatic N) is 2. The first-order valence-corrected chi connectivity index (χ1v) is 13.3. The second-order valence-electron chi connectivity index (χ2n) is 9.28. The molecule has 0 spiro atoms. The SMILES string of the molecule is CSc1ccc([C@@H]2CN3CCC[C@@H]3c3cc(C#CCCN4CCCCC4)ccc32)cc1. The van der Waals surface area contributed by atoms with E-state index in [4.69, 9.17) is 0 Å². The number of fused-ring (bicyclic) bond motifs is 3. The van der Waals surface area contributed by atoms with E-state index >= 15 is 0 Å². The van der Waals surface area contributed by atoms with Crippen molar-refractivity contribution in [2.24, 2.45) is 0 Å². The molecule has 0 aromatic heterocycles. The highest BCUT2D eigenvalue weighted by Gasteiger charge is 2.36. The Balaban J connectivity index is 1.36. The van der Waals surface area contributed by atoms with E-state index in [0.29, 0.717) is 12.0 Å². The number of rotatable bonds is 4. The summed E-state index contributed by atoms with van der Waals surface area (Å²) in [5.74, 6) is 7.42. The van der Waals surface area contributed by atoms with E-state index in [1.807, 2.05) is 11.8 Å². The summed E-state index contributed by atoms with van der Waals surface area (Å²) in [7, 11) is 0. The summed E-state index contributed by atoms with van der Waals surface area (Å²) in [4.78, 5) is 6.63. The lowest BCUT2D eigenvalue weighted by molar-refractivity contribution is 0.230. The lowest BCUT2D eigenvalue weighted by atomic mass is 9.81. The fraction of sp³-hybridized carbons (Fsp3) is 0.500. The van der Waals surface area contributed by atoms with Gasteiger partial charge >= 0.3 is 0 Å². The Hall–Kier alpha value is -1.73. The third kappa shape index (κ3) is 4.72. The van der Waals surface area contributed by atoms with Crippen LogP contribution in [0.5, 0.6) is 0 Å². The van der Waals surface area contributed by atoms with Crippen LogP contribution >= 0.6 is 11.8 Å². The normalized spacial score (nSPS) is 23.6. The van der Waals surface area contributed by atoms with Crippen LogP contribution < -0.4 is 0 Å². The highest BCUT2D eigenvalue weighted by Crippen LogP contribution is 2.44. The molecule has 3 heterocycles. The topological polar surface area (TPSA) is 6.48 Å². The van der Waals surface area contributed by atoms with Crippen LogP contribution in [0, 0.1) is 11.8 Å². The summed E-state index contributed by atoms with van der Waals surface area (Å²) < 4.78 is 0. The molecule has 0 aliphatic carbocycles. The summed E-state index contributed by atoms with van der Waals surface area (Å²) in [5.41, 5.74) is 5.71. The molecule has 31 heavy (non-hydrogen) atoms. The predicted octanol–water partition coefficient (Wildman–Crippen LogP) is 5.92. The minimum atomic E-state index is 0.473. The van der Waals surface area contributed by atoms with E-state index in [0.717, 1.165) is 19.5 Å². The molecule has 162 valence electrons. The molecule has 2 fully saturated rings. The Morgan fingerprint density at radius 2 is 1.77 bits per heavy atom. The van der Waals surface area contributed by atoms with Crippen molar-refractivity contribution >= 4 is 11.8 Å². The van der Waals surface area contributed by atoms with Crippen molar-refractivity contribution in [1.29, 1.82) is 0 Å². The maximum atomic E-state index is 3.49. The quantitative estimate of drug-likeness (QED) is 0.439. The number of thioether (sulfide) groups is 1. The maximum absolute atomic E-state index is 3.49. The monoisotopic (exact) mass is 430 g/mol. The zero-order valence-electron chi connectivity index (χ0n) is 18.8. The average Bonchev–Trinajstić information content (AvgIpc) is 3.31. The molecule has 0 N–H and O–H groups in total. The molecule has 3 aliphatic rings. The Morgan fingerprint density at radius 1 is 0.935 bits per heavy atom. The Labute approximate surface area is 192 Å². The summed E-state index contributed by atoms with van der Waals surface area (Å²) in [6.45, 7) is 6.03. The first kappa shape index (κ1) is 21.1. The third-order valence-electron chi connectivity index (χ3n) is 7.35. The summed E-state index contributed by atoms with van der Waals surface area (Å²) in [6.07, 6.45) is 9.85. The molecule has 5 rings (SSSR count). The largest absolute Gasteiger partial charge is 0.302 e. The zero-order chi connectivity index (χ0) is 21.0. The Kier molecular flexibility index (Phi) is 6.69. The summed E-state index contributed by atoms with van der Waals surface area (Å²) in [5, 5.41) is 0. The van der Waals surface area contributed by atoms with Crippen molar-refractivity contribution in [3.63, 3.8) is 0 Å². The van der Waals surface area contributed by atoms with Gasteiger partial charge in [0, 0.05) is 41.9 Å². The predicted molar refractivity (Wildman–Crippen MR) is 132 cm³/mol. The smallest absolute Gasteiger partial charge is 0.0352 e. The lowest BCUT2D eigenvalue weighted by Gasteiger charge is -2.37. The van der Waals surface area contributed by atoms with Gasteiger partial charge in [-0.05, 0) is 92.5 Å². The number of piperidine rings is 1. The van der Waals surface area contributed by atoms with Crippen LogP contribution in [-0.2, 0) is 0 Å². The van der Waals surface area contributed by atoms with E-state index in [-0.39, 0.29) is 0 Å². The molecule has 0 bridgehead atoms. The number of hydrogen-bond donors (Lipinski definition) is 0. The van der Waals surface area contributed by atoms with Gasteiger partial charge in [0.25, 0.3) is 0 Å². The van der Waals surface area contributed by atoms with Gasteiger partial charge in [0.05, 0.1) is 0 Å². The maximum Gasteiger partial charge on any atom is 0.0352 e. The van der Waals surface area contributed by atoms with E-state index < -0.39 is 0 Å². The van der Waals surface area contributed by atoms with Gasteiger partial charge in [-0.25, -0.2) is 0 Å². The van der Waals surface area contributed by atoms with Crippen LogP contribution in [0.1, 0.15) is 72.7 Å². The fourth-order valence-electron chi connectivity index (χ4n) is 5.67. The van der Waals surface area contributed by atoms with Gasteiger partial charge in [-0.2, -0.15) is 0 Å². The minimum Gasteiger partial charge on any atom is -0.302 e. The molecular formula is C28H34N2S. The summed E-state index contributed by atoms with van der Waals surface area (Å²) in [6, 6.07) is 16.9. The van der Waals surface area contributed by atoms with Crippen molar-refractivity contribution in [3.8, 4) is 11.8 Å². The lowest BCUT2D eigenvalue weighted by Crippen LogP contribution is -2.34. The van der Waals surface area contributed by atoms with Gasteiger partial charge in [0.1, 0.15) is 0 Å². The standard InChI is InChI=1S/C28H34N2S/c1-31-24-13-11-23(12-14-24)27-21-30-19-7-9-28(30)26-20-22(10-15-25(26)27)8-3-6-18-29-16-4-2-5-17-29/h10-15,20,27-28H,2,4-7,9,16-19,21H2,1H3/t27-,28+/m0/s1. The molecule has 0 unspecified atom stereocenters. The molecule has 0 radical (unpaired) electrons. The van der Waals surface area contributed by atoms with Crippen molar-refractivity contribution in [2.75, 3.05) is 39.0 Å². The fourth-order valence-corrected chi connectivity index (χ4v) is 6.08. The first-order valence-electron chi connectivity index (χ1n) is 12.0. The Morgan fingerprint density at radius 3 is 2.58 bits per heavy atom. The number of hydrogen-bond acceptors (Lipinski definition) is 3. The Bertz CT molecular complexity index is 949. The van der Waals surface area contributed by atoms with E-state index in [2.05, 4.69) is 70.4 Å². The van der Waals surface area contributed by atoms with E-state index in [1.165, 1.54) is 78.9 Å². The van der Waals surface area contributed by atoms with Crippen molar-refractivity contribution in [3.05, 3.63) is 64.7 Å². The first-order chi connectivity index (χ1) is 15.3. The molecule has 2 atom stereocenters. The highest BCUT2D eigenvalue weighted by atomic mass is 32.2. The van der Waals surface area contributed by atoms with Crippen LogP contribution in [0.15, 0.2) is 47.4 Å². The molecule has 0 amide bonds. The molecule has 0 saturated carbocycles. The van der Waals surface area contributed by atoms with Gasteiger partial charge in [-0.3, -0.25) is 4.90 Å². The van der Waals surface area contributed by atoms with Gasteiger partial charge in [-0.15, -0.1) is 11.8 Å². The van der Waals surface area contributed by atoms with Gasteiger partial charge in [-0.1, -0.05) is 36.5 Å². The van der Waals surface area contributed by atoms with Crippen molar-refractivity contribution in [2.45, 2.75) is 55.4 Å². The minimum absolute atomic E-state index is 0.473. The molecule has 3 heteroatoms. The second kappa shape index (κ2) is 9.82. The molecule has 2 aromatic rings. The average molecular weight is 431 g/mol. The third-order valence-corrected chi connectivity index (χ3v) is 8.10. The molecule has 3 aliphatic heterocycles. The van der Waals surface area contributed by atoms with E-state index in [1.54, 1.807) is 0 Å². The zero-order valence-corrected chi connectivity index (χ0v) is 19.6. The molecular weight excluding hydrogens is 396 g/mol. The molecule has 2 saturated heterocycles. The van der Waals surface area contributed by atoms with Crippen LogP contribution in [0.4, 0.5) is 0 Å². The van der Waals surface area contributed by atoms with Gasteiger partial charge < -0.3 is 4.90 Å². The summed E-state index contributed by atoms with van der Waals surface area (Å²) >= 11 is 1.82. The second-order valence-corrected chi connectivity index (χ2v) is 10.2.